The number of hydrogen-bond donors (Lipinski definition) is 0. The van der Waals surface area contributed by atoms with Gasteiger partial charge in [-0.25, -0.2) is 4.98 Å². The van der Waals surface area contributed by atoms with E-state index in [0.717, 1.165) is 21.2 Å². The lowest BCUT2D eigenvalue weighted by Gasteiger charge is -2.23. The fourth-order valence-corrected chi connectivity index (χ4v) is 4.46. The molecular weight excluding hydrogens is 478 g/mol. The van der Waals surface area contributed by atoms with E-state index in [1.807, 2.05) is 37.2 Å². The third-order valence-electron chi connectivity index (χ3n) is 4.38. The molecule has 0 radical (unpaired) electrons. The van der Waals surface area contributed by atoms with Gasteiger partial charge in [0.15, 0.2) is 16.6 Å². The summed E-state index contributed by atoms with van der Waals surface area (Å²) in [7, 11) is 3.98. The Morgan fingerprint density at radius 1 is 1.10 bits per heavy atom. The summed E-state index contributed by atoms with van der Waals surface area (Å²) in [5, 5.41) is 0.690. The summed E-state index contributed by atoms with van der Waals surface area (Å²) < 4.78 is 13.2. The zero-order valence-corrected chi connectivity index (χ0v) is 19.3. The van der Waals surface area contributed by atoms with Crippen molar-refractivity contribution in [2.45, 2.75) is 0 Å². The lowest BCUT2D eigenvalue weighted by molar-refractivity contribution is 0.0984. The molecule has 4 rings (SSSR count). The number of likely N-dealkylation sites (N-methyl/N-ethyl adjacent to an activating group) is 1. The SMILES string of the molecule is CN(C)CCN(C(=O)c1ccc2c(c1)OCCO2)c1nc2ccc(Br)cc2s1.Cl. The topological polar surface area (TPSA) is 54.9 Å². The van der Waals surface area contributed by atoms with E-state index >= 15 is 0 Å². The van der Waals surface area contributed by atoms with Gasteiger partial charge in [0.25, 0.3) is 5.91 Å². The van der Waals surface area contributed by atoms with Gasteiger partial charge in [0, 0.05) is 23.1 Å². The van der Waals surface area contributed by atoms with E-state index in [1.54, 1.807) is 23.1 Å². The first kappa shape index (κ1) is 21.8. The molecule has 1 amide bonds. The number of rotatable bonds is 5. The second kappa shape index (κ2) is 9.30. The van der Waals surface area contributed by atoms with Crippen LogP contribution in [0.5, 0.6) is 11.5 Å². The number of ether oxygens (including phenoxy) is 2. The molecule has 29 heavy (non-hydrogen) atoms. The number of amides is 1. The van der Waals surface area contributed by atoms with E-state index in [9.17, 15) is 4.79 Å². The Hall–Kier alpha value is -1.87. The monoisotopic (exact) mass is 497 g/mol. The summed E-state index contributed by atoms with van der Waals surface area (Å²) in [5.74, 6) is 1.18. The molecule has 1 aliphatic heterocycles. The van der Waals surface area contributed by atoms with E-state index in [-0.39, 0.29) is 18.3 Å². The first-order valence-corrected chi connectivity index (χ1v) is 10.5. The quantitative estimate of drug-likeness (QED) is 0.520. The first-order chi connectivity index (χ1) is 13.5. The molecule has 0 bridgehead atoms. The maximum Gasteiger partial charge on any atom is 0.260 e. The van der Waals surface area contributed by atoms with Crippen LogP contribution in [0, 0.1) is 0 Å². The molecule has 0 spiro atoms. The van der Waals surface area contributed by atoms with Crippen LogP contribution in [-0.4, -0.2) is 56.2 Å². The predicted molar refractivity (Wildman–Crippen MR) is 122 cm³/mol. The standard InChI is InChI=1S/C20H20BrN3O3S.ClH/c1-23(2)7-8-24(20-22-15-5-4-14(21)12-18(15)28-20)19(25)13-3-6-16-17(11-13)27-10-9-26-16;/h3-6,11-12H,7-10H2,1-2H3;1H. The highest BCUT2D eigenvalue weighted by atomic mass is 79.9. The second-order valence-corrected chi connectivity index (χ2v) is 8.65. The number of nitrogens with zero attached hydrogens (tertiary/aromatic N) is 3. The maximum atomic E-state index is 13.4. The van der Waals surface area contributed by atoms with Crippen LogP contribution in [0.4, 0.5) is 5.13 Å². The van der Waals surface area contributed by atoms with E-state index in [2.05, 4.69) is 15.9 Å². The van der Waals surface area contributed by atoms with Crippen molar-refractivity contribution in [1.29, 1.82) is 0 Å². The van der Waals surface area contributed by atoms with Crippen molar-refractivity contribution >= 4 is 60.9 Å². The largest absolute Gasteiger partial charge is 0.486 e. The number of carbonyl (C=O) groups is 1. The zero-order valence-electron chi connectivity index (χ0n) is 16.1. The Morgan fingerprint density at radius 3 is 2.62 bits per heavy atom. The molecule has 9 heteroatoms. The van der Waals surface area contributed by atoms with Gasteiger partial charge in [-0.3, -0.25) is 9.69 Å². The van der Waals surface area contributed by atoms with Crippen LogP contribution in [0.25, 0.3) is 10.2 Å². The third kappa shape index (κ3) is 4.83. The highest BCUT2D eigenvalue weighted by Crippen LogP contribution is 2.34. The van der Waals surface area contributed by atoms with Gasteiger partial charge in [0.05, 0.1) is 10.2 Å². The van der Waals surface area contributed by atoms with E-state index in [0.29, 0.717) is 42.0 Å². The van der Waals surface area contributed by atoms with E-state index in [1.165, 1.54) is 11.3 Å². The van der Waals surface area contributed by atoms with Gasteiger partial charge < -0.3 is 14.4 Å². The summed E-state index contributed by atoms with van der Waals surface area (Å²) in [6.07, 6.45) is 0. The minimum Gasteiger partial charge on any atom is -0.486 e. The molecule has 6 nitrogen and oxygen atoms in total. The predicted octanol–water partition coefficient (Wildman–Crippen LogP) is 4.46. The van der Waals surface area contributed by atoms with Crippen LogP contribution in [0.1, 0.15) is 10.4 Å². The molecule has 0 saturated carbocycles. The van der Waals surface area contributed by atoms with Crippen LogP contribution in [0.3, 0.4) is 0 Å². The molecule has 0 N–H and O–H groups in total. The van der Waals surface area contributed by atoms with Crippen molar-refractivity contribution < 1.29 is 14.3 Å². The van der Waals surface area contributed by atoms with Crippen molar-refractivity contribution in [3.8, 4) is 11.5 Å². The summed E-state index contributed by atoms with van der Waals surface area (Å²) in [6.45, 7) is 2.29. The Kier molecular flexibility index (Phi) is 7.00. The number of aromatic nitrogens is 1. The molecule has 154 valence electrons. The van der Waals surface area contributed by atoms with E-state index in [4.69, 9.17) is 14.5 Å². The van der Waals surface area contributed by atoms with Gasteiger partial charge >= 0.3 is 0 Å². The number of hydrogen-bond acceptors (Lipinski definition) is 6. The number of fused-ring (bicyclic) bond motifs is 2. The van der Waals surface area contributed by atoms with Gasteiger partial charge in [-0.05, 0) is 50.5 Å². The van der Waals surface area contributed by atoms with Crippen LogP contribution >= 0.6 is 39.7 Å². The molecule has 0 saturated heterocycles. The fourth-order valence-electron chi connectivity index (χ4n) is 2.92. The summed E-state index contributed by atoms with van der Waals surface area (Å²) in [5.41, 5.74) is 1.44. The van der Waals surface area contributed by atoms with Crippen molar-refractivity contribution in [2.75, 3.05) is 45.3 Å². The lowest BCUT2D eigenvalue weighted by Crippen LogP contribution is -2.36. The average molecular weight is 499 g/mol. The Labute approximate surface area is 188 Å². The number of thiazole rings is 1. The molecule has 2 aromatic carbocycles. The van der Waals surface area contributed by atoms with Crippen LogP contribution in [0.15, 0.2) is 40.9 Å². The zero-order chi connectivity index (χ0) is 19.7. The molecule has 0 fully saturated rings. The van der Waals surface area contributed by atoms with Crippen LogP contribution in [0.2, 0.25) is 0 Å². The Morgan fingerprint density at radius 2 is 1.86 bits per heavy atom. The summed E-state index contributed by atoms with van der Waals surface area (Å²) in [4.78, 5) is 21.8. The number of anilines is 1. The van der Waals surface area contributed by atoms with Crippen molar-refractivity contribution in [3.05, 3.63) is 46.4 Å². The molecule has 0 unspecified atom stereocenters. The minimum atomic E-state index is -0.100. The van der Waals surface area contributed by atoms with E-state index < -0.39 is 0 Å². The van der Waals surface area contributed by atoms with Gasteiger partial charge in [-0.1, -0.05) is 27.3 Å². The van der Waals surface area contributed by atoms with Crippen LogP contribution in [-0.2, 0) is 0 Å². The molecule has 0 aliphatic carbocycles. The molecule has 3 aromatic rings. The second-order valence-electron chi connectivity index (χ2n) is 6.73. The third-order valence-corrected chi connectivity index (χ3v) is 5.91. The number of carbonyl (C=O) groups excluding carboxylic acids is 1. The van der Waals surface area contributed by atoms with Crippen molar-refractivity contribution in [1.82, 2.24) is 9.88 Å². The van der Waals surface area contributed by atoms with Gasteiger partial charge in [-0.2, -0.15) is 0 Å². The first-order valence-electron chi connectivity index (χ1n) is 8.93. The molecule has 0 atom stereocenters. The van der Waals surface area contributed by atoms with Crippen LogP contribution < -0.4 is 14.4 Å². The molecule has 2 heterocycles. The Bertz CT molecular complexity index is 1030. The van der Waals surface area contributed by atoms with Crippen molar-refractivity contribution in [3.63, 3.8) is 0 Å². The molecular formula is C20H21BrClN3O3S. The Balaban J connectivity index is 0.00000240. The highest BCUT2D eigenvalue weighted by Gasteiger charge is 2.23. The summed E-state index contributed by atoms with van der Waals surface area (Å²) in [6, 6.07) is 11.3. The molecule has 1 aliphatic rings. The highest BCUT2D eigenvalue weighted by molar-refractivity contribution is 9.10. The number of halogens is 2. The lowest BCUT2D eigenvalue weighted by atomic mass is 10.1. The smallest absolute Gasteiger partial charge is 0.260 e. The normalized spacial score (nSPS) is 12.7. The van der Waals surface area contributed by atoms with Gasteiger partial charge in [-0.15, -0.1) is 12.4 Å². The van der Waals surface area contributed by atoms with Gasteiger partial charge in [0.2, 0.25) is 0 Å². The van der Waals surface area contributed by atoms with Gasteiger partial charge in [0.1, 0.15) is 13.2 Å². The average Bonchev–Trinajstić information content (AvgIpc) is 3.10. The molecule has 1 aromatic heterocycles. The summed E-state index contributed by atoms with van der Waals surface area (Å²) >= 11 is 5.01. The minimum absolute atomic E-state index is 0. The maximum absolute atomic E-state index is 13.4. The van der Waals surface area contributed by atoms with Crippen molar-refractivity contribution in [2.24, 2.45) is 0 Å². The number of benzene rings is 2. The fraction of sp³-hybridized carbons (Fsp3) is 0.300.